The van der Waals surface area contributed by atoms with Gasteiger partial charge in [-0.3, -0.25) is 0 Å². The van der Waals surface area contributed by atoms with Crippen LogP contribution in [0.5, 0.6) is 0 Å². The molecule has 0 aliphatic rings. The zero-order valence-corrected chi connectivity index (χ0v) is 8.69. The molecule has 1 unspecified atom stereocenters. The van der Waals surface area contributed by atoms with Crippen molar-refractivity contribution in [2.24, 2.45) is 5.73 Å². The van der Waals surface area contributed by atoms with Gasteiger partial charge in [0.2, 0.25) is 5.82 Å². The summed E-state index contributed by atoms with van der Waals surface area (Å²) >= 11 is 0. The third kappa shape index (κ3) is 2.41. The SMILES string of the molecule is NCC(O)c1nnn(Cc2ccccc2)n1. The lowest BCUT2D eigenvalue weighted by atomic mass is 10.2. The van der Waals surface area contributed by atoms with Crippen LogP contribution in [-0.4, -0.2) is 31.9 Å². The number of nitrogens with zero attached hydrogens (tertiary/aromatic N) is 4. The molecule has 0 aliphatic heterocycles. The number of tetrazole rings is 1. The quantitative estimate of drug-likeness (QED) is 0.737. The second-order valence-corrected chi connectivity index (χ2v) is 3.42. The van der Waals surface area contributed by atoms with Crippen molar-refractivity contribution in [2.45, 2.75) is 12.6 Å². The molecule has 0 fully saturated rings. The van der Waals surface area contributed by atoms with Crippen molar-refractivity contribution in [3.05, 3.63) is 41.7 Å². The Bertz CT molecular complexity index is 441. The van der Waals surface area contributed by atoms with E-state index in [9.17, 15) is 5.11 Å². The fourth-order valence-corrected chi connectivity index (χ4v) is 1.31. The number of rotatable bonds is 4. The van der Waals surface area contributed by atoms with Crippen LogP contribution in [-0.2, 0) is 6.54 Å². The maximum absolute atomic E-state index is 9.41. The van der Waals surface area contributed by atoms with Crippen molar-refractivity contribution in [3.8, 4) is 0 Å². The van der Waals surface area contributed by atoms with Crippen LogP contribution in [0.15, 0.2) is 30.3 Å². The Morgan fingerprint density at radius 2 is 2.06 bits per heavy atom. The standard InChI is InChI=1S/C10H13N5O/c11-6-9(16)10-12-14-15(13-10)7-8-4-2-1-3-5-8/h1-5,9,16H,6-7,11H2. The fraction of sp³-hybridized carbons (Fsp3) is 0.300. The number of benzene rings is 1. The van der Waals surface area contributed by atoms with E-state index < -0.39 is 6.10 Å². The van der Waals surface area contributed by atoms with Crippen molar-refractivity contribution in [3.63, 3.8) is 0 Å². The lowest BCUT2D eigenvalue weighted by Crippen LogP contribution is -2.13. The van der Waals surface area contributed by atoms with E-state index >= 15 is 0 Å². The average Bonchev–Trinajstić information content (AvgIpc) is 2.78. The minimum Gasteiger partial charge on any atom is -0.384 e. The van der Waals surface area contributed by atoms with Gasteiger partial charge >= 0.3 is 0 Å². The maximum Gasteiger partial charge on any atom is 0.204 e. The summed E-state index contributed by atoms with van der Waals surface area (Å²) in [7, 11) is 0. The van der Waals surface area contributed by atoms with Gasteiger partial charge in [-0.25, -0.2) is 0 Å². The molecule has 0 amide bonds. The van der Waals surface area contributed by atoms with E-state index in [-0.39, 0.29) is 12.4 Å². The molecule has 2 rings (SSSR count). The topological polar surface area (TPSA) is 89.9 Å². The van der Waals surface area contributed by atoms with E-state index in [2.05, 4.69) is 15.4 Å². The van der Waals surface area contributed by atoms with Crippen LogP contribution in [0.3, 0.4) is 0 Å². The Morgan fingerprint density at radius 1 is 1.31 bits per heavy atom. The summed E-state index contributed by atoms with van der Waals surface area (Å²) in [4.78, 5) is 1.43. The highest BCUT2D eigenvalue weighted by Crippen LogP contribution is 2.04. The molecule has 0 aliphatic carbocycles. The zero-order chi connectivity index (χ0) is 11.4. The van der Waals surface area contributed by atoms with Crippen LogP contribution in [0.2, 0.25) is 0 Å². The van der Waals surface area contributed by atoms with Gasteiger partial charge in [-0.15, -0.1) is 10.2 Å². The maximum atomic E-state index is 9.41. The van der Waals surface area contributed by atoms with Crippen molar-refractivity contribution in [1.82, 2.24) is 20.2 Å². The molecular formula is C10H13N5O. The molecule has 2 aromatic rings. The molecule has 0 spiro atoms. The molecule has 16 heavy (non-hydrogen) atoms. The van der Waals surface area contributed by atoms with E-state index in [1.165, 1.54) is 4.80 Å². The van der Waals surface area contributed by atoms with Gasteiger partial charge in [0.05, 0.1) is 6.54 Å². The monoisotopic (exact) mass is 219 g/mol. The van der Waals surface area contributed by atoms with Gasteiger partial charge in [0.25, 0.3) is 0 Å². The van der Waals surface area contributed by atoms with Gasteiger partial charge in [-0.05, 0) is 10.8 Å². The minimum absolute atomic E-state index is 0.0943. The van der Waals surface area contributed by atoms with E-state index in [4.69, 9.17) is 5.73 Å². The highest BCUT2D eigenvalue weighted by molar-refractivity contribution is 5.14. The number of aliphatic hydroxyl groups excluding tert-OH is 1. The largest absolute Gasteiger partial charge is 0.384 e. The molecule has 1 aromatic carbocycles. The Hall–Kier alpha value is -1.79. The van der Waals surface area contributed by atoms with Gasteiger partial charge in [0.1, 0.15) is 6.10 Å². The molecule has 0 saturated heterocycles. The van der Waals surface area contributed by atoms with Crippen LogP contribution in [0.1, 0.15) is 17.5 Å². The molecular weight excluding hydrogens is 206 g/mol. The van der Waals surface area contributed by atoms with Gasteiger partial charge in [-0.2, -0.15) is 4.80 Å². The van der Waals surface area contributed by atoms with Crippen molar-refractivity contribution in [1.29, 1.82) is 0 Å². The molecule has 1 heterocycles. The minimum atomic E-state index is -0.843. The van der Waals surface area contributed by atoms with Crippen LogP contribution in [0, 0.1) is 0 Å². The molecule has 0 radical (unpaired) electrons. The van der Waals surface area contributed by atoms with Crippen LogP contribution >= 0.6 is 0 Å². The number of hydrogen-bond donors (Lipinski definition) is 2. The summed E-state index contributed by atoms with van der Waals surface area (Å²) in [6, 6.07) is 9.79. The number of nitrogens with two attached hydrogens (primary N) is 1. The lowest BCUT2D eigenvalue weighted by molar-refractivity contribution is 0.176. The number of aromatic nitrogens is 4. The lowest BCUT2D eigenvalue weighted by Gasteiger charge is -2.00. The summed E-state index contributed by atoms with van der Waals surface area (Å²) in [6.07, 6.45) is -0.843. The third-order valence-electron chi connectivity index (χ3n) is 2.16. The Kier molecular flexibility index (Phi) is 3.23. The highest BCUT2D eigenvalue weighted by Gasteiger charge is 2.11. The second kappa shape index (κ2) is 4.82. The molecule has 84 valence electrons. The summed E-state index contributed by atoms with van der Waals surface area (Å²) in [6.45, 7) is 0.627. The van der Waals surface area contributed by atoms with Crippen molar-refractivity contribution >= 4 is 0 Å². The molecule has 0 saturated carbocycles. The van der Waals surface area contributed by atoms with Crippen LogP contribution < -0.4 is 5.73 Å². The Morgan fingerprint density at radius 3 is 2.75 bits per heavy atom. The fourth-order valence-electron chi connectivity index (χ4n) is 1.31. The van der Waals surface area contributed by atoms with Gasteiger partial charge in [-0.1, -0.05) is 30.3 Å². The van der Waals surface area contributed by atoms with E-state index in [0.717, 1.165) is 5.56 Å². The highest BCUT2D eigenvalue weighted by atomic mass is 16.3. The van der Waals surface area contributed by atoms with Crippen LogP contribution in [0.25, 0.3) is 0 Å². The smallest absolute Gasteiger partial charge is 0.204 e. The predicted octanol–water partition coefficient (Wildman–Crippen LogP) is -0.287. The van der Waals surface area contributed by atoms with E-state index in [0.29, 0.717) is 6.54 Å². The molecule has 6 nitrogen and oxygen atoms in total. The van der Waals surface area contributed by atoms with Crippen molar-refractivity contribution < 1.29 is 5.11 Å². The van der Waals surface area contributed by atoms with Crippen molar-refractivity contribution in [2.75, 3.05) is 6.54 Å². The number of aliphatic hydroxyl groups is 1. The van der Waals surface area contributed by atoms with Gasteiger partial charge in [0.15, 0.2) is 0 Å². The first kappa shape index (κ1) is 10.7. The summed E-state index contributed by atoms with van der Waals surface area (Å²) in [5.41, 5.74) is 6.38. The van der Waals surface area contributed by atoms with E-state index in [1.807, 2.05) is 30.3 Å². The molecule has 3 N–H and O–H groups in total. The Labute approximate surface area is 92.7 Å². The van der Waals surface area contributed by atoms with Crippen LogP contribution in [0.4, 0.5) is 0 Å². The average molecular weight is 219 g/mol. The summed E-state index contributed by atoms with van der Waals surface area (Å²) < 4.78 is 0. The zero-order valence-electron chi connectivity index (χ0n) is 8.69. The summed E-state index contributed by atoms with van der Waals surface area (Å²) in [5, 5.41) is 21.0. The Balaban J connectivity index is 2.09. The van der Waals surface area contributed by atoms with Gasteiger partial charge in [0, 0.05) is 6.54 Å². The first-order valence-electron chi connectivity index (χ1n) is 4.99. The first-order chi connectivity index (χ1) is 7.79. The first-order valence-corrected chi connectivity index (χ1v) is 4.99. The normalized spacial score (nSPS) is 12.6. The summed E-state index contributed by atoms with van der Waals surface area (Å²) in [5.74, 6) is 0.262. The third-order valence-corrected chi connectivity index (χ3v) is 2.16. The molecule has 6 heteroatoms. The predicted molar refractivity (Wildman–Crippen MR) is 57.4 cm³/mol. The molecule has 1 aromatic heterocycles. The molecule has 1 atom stereocenters. The van der Waals surface area contributed by atoms with E-state index in [1.54, 1.807) is 0 Å². The second-order valence-electron chi connectivity index (χ2n) is 3.42. The molecule has 0 bridgehead atoms. The number of hydrogen-bond acceptors (Lipinski definition) is 5. The van der Waals surface area contributed by atoms with Gasteiger partial charge < -0.3 is 10.8 Å².